The molecule has 0 aliphatic heterocycles. The maximum atomic E-state index is 11.3. The quantitative estimate of drug-likeness (QED) is 0.667. The normalized spacial score (nSPS) is 10.1. The minimum absolute atomic E-state index is 0.131. The third-order valence-corrected chi connectivity index (χ3v) is 2.45. The van der Waals surface area contributed by atoms with E-state index < -0.39 is 0 Å². The third-order valence-electron chi connectivity index (χ3n) is 2.45. The zero-order valence-corrected chi connectivity index (χ0v) is 9.05. The average molecular weight is 190 g/mol. The molecule has 76 valence electrons. The van der Waals surface area contributed by atoms with Gasteiger partial charge in [0, 0.05) is 0 Å². The summed E-state index contributed by atoms with van der Waals surface area (Å²) >= 11 is 0. The predicted molar refractivity (Wildman–Crippen MR) is 60.7 cm³/mol. The monoisotopic (exact) mass is 190 g/mol. The molecule has 0 atom stereocenters. The van der Waals surface area contributed by atoms with E-state index >= 15 is 0 Å². The van der Waals surface area contributed by atoms with Crippen LogP contribution in [0.25, 0.3) is 0 Å². The summed E-state index contributed by atoms with van der Waals surface area (Å²) in [5, 5.41) is 0. The second-order valence-corrected chi connectivity index (χ2v) is 3.75. The van der Waals surface area contributed by atoms with E-state index in [9.17, 15) is 4.79 Å². The van der Waals surface area contributed by atoms with Crippen molar-refractivity contribution in [3.05, 3.63) is 45.6 Å². The van der Waals surface area contributed by atoms with Crippen LogP contribution < -0.4 is 5.43 Å². The lowest BCUT2D eigenvalue weighted by Crippen LogP contribution is -1.96. The molecule has 0 aliphatic carbocycles. The zero-order chi connectivity index (χ0) is 10.4. The second kappa shape index (κ2) is 5.58. The van der Waals surface area contributed by atoms with Crippen molar-refractivity contribution in [1.29, 1.82) is 0 Å². The lowest BCUT2D eigenvalue weighted by atomic mass is 10.1. The Hall–Kier alpha value is -1.11. The molecule has 0 unspecified atom stereocenters. The van der Waals surface area contributed by atoms with Crippen molar-refractivity contribution in [1.82, 2.24) is 0 Å². The van der Waals surface area contributed by atoms with Crippen molar-refractivity contribution < 1.29 is 0 Å². The molecule has 0 fully saturated rings. The van der Waals surface area contributed by atoms with Crippen molar-refractivity contribution >= 4 is 0 Å². The van der Waals surface area contributed by atoms with Gasteiger partial charge in [-0.2, -0.15) is 0 Å². The Morgan fingerprint density at radius 2 is 1.79 bits per heavy atom. The second-order valence-electron chi connectivity index (χ2n) is 3.75. The van der Waals surface area contributed by atoms with Gasteiger partial charge in [0.25, 0.3) is 0 Å². The number of hydrogen-bond donors (Lipinski definition) is 0. The van der Waals surface area contributed by atoms with Crippen molar-refractivity contribution in [2.45, 2.75) is 39.5 Å². The standard InChI is InChI=1S/C13H18O/c1-3-4-5-6-12-8-7-11(2)13(14)10-9-12/h7-10H,3-6H2,1-2H3. The Labute approximate surface area is 85.8 Å². The van der Waals surface area contributed by atoms with E-state index in [0.29, 0.717) is 0 Å². The summed E-state index contributed by atoms with van der Waals surface area (Å²) < 4.78 is 0. The molecule has 0 amide bonds. The molecule has 1 heteroatoms. The Morgan fingerprint density at radius 1 is 1.07 bits per heavy atom. The highest BCUT2D eigenvalue weighted by atomic mass is 16.1. The summed E-state index contributed by atoms with van der Waals surface area (Å²) in [6.45, 7) is 4.06. The Morgan fingerprint density at radius 3 is 2.50 bits per heavy atom. The maximum absolute atomic E-state index is 11.3. The van der Waals surface area contributed by atoms with Crippen LogP contribution in [-0.2, 0) is 6.42 Å². The van der Waals surface area contributed by atoms with Gasteiger partial charge >= 0.3 is 0 Å². The SMILES string of the molecule is CCCCCc1ccc(C)c(=O)cc1. The van der Waals surface area contributed by atoms with Crippen molar-refractivity contribution in [3.8, 4) is 0 Å². The summed E-state index contributed by atoms with van der Waals surface area (Å²) in [5.74, 6) is 0. The van der Waals surface area contributed by atoms with E-state index in [4.69, 9.17) is 0 Å². The van der Waals surface area contributed by atoms with Gasteiger partial charge < -0.3 is 0 Å². The van der Waals surface area contributed by atoms with Crippen molar-refractivity contribution in [3.63, 3.8) is 0 Å². The summed E-state index contributed by atoms with van der Waals surface area (Å²) in [6.07, 6.45) is 4.81. The van der Waals surface area contributed by atoms with Gasteiger partial charge in [0.2, 0.25) is 0 Å². The van der Waals surface area contributed by atoms with Crippen molar-refractivity contribution in [2.24, 2.45) is 0 Å². The molecule has 1 nitrogen and oxygen atoms in total. The molecule has 0 bridgehead atoms. The summed E-state index contributed by atoms with van der Waals surface area (Å²) in [5.41, 5.74) is 2.22. The lowest BCUT2D eigenvalue weighted by molar-refractivity contribution is 0.718. The highest BCUT2D eigenvalue weighted by molar-refractivity contribution is 5.19. The van der Waals surface area contributed by atoms with Crippen LogP contribution in [0.3, 0.4) is 0 Å². The fourth-order valence-electron chi connectivity index (χ4n) is 1.43. The Balaban J connectivity index is 2.71. The van der Waals surface area contributed by atoms with E-state index in [1.807, 2.05) is 19.1 Å². The summed E-state index contributed by atoms with van der Waals surface area (Å²) in [7, 11) is 0. The molecule has 1 aromatic carbocycles. The van der Waals surface area contributed by atoms with Crippen LogP contribution in [0.15, 0.2) is 29.1 Å². The zero-order valence-electron chi connectivity index (χ0n) is 9.05. The topological polar surface area (TPSA) is 17.1 Å². The van der Waals surface area contributed by atoms with E-state index in [-0.39, 0.29) is 5.43 Å². The fourth-order valence-corrected chi connectivity index (χ4v) is 1.43. The first kappa shape index (κ1) is 11.0. The van der Waals surface area contributed by atoms with E-state index in [2.05, 4.69) is 13.0 Å². The van der Waals surface area contributed by atoms with Crippen LogP contribution in [0.1, 0.15) is 37.3 Å². The third kappa shape index (κ3) is 3.33. The van der Waals surface area contributed by atoms with Gasteiger partial charge in [-0.3, -0.25) is 4.79 Å². The molecular formula is C13H18O. The fraction of sp³-hybridized carbons (Fsp3) is 0.462. The van der Waals surface area contributed by atoms with Gasteiger partial charge in [-0.25, -0.2) is 0 Å². The molecule has 0 N–H and O–H groups in total. The van der Waals surface area contributed by atoms with Crippen LogP contribution >= 0.6 is 0 Å². The van der Waals surface area contributed by atoms with Gasteiger partial charge in [0.1, 0.15) is 0 Å². The molecule has 0 saturated heterocycles. The summed E-state index contributed by atoms with van der Waals surface area (Å²) in [4.78, 5) is 11.3. The Kier molecular flexibility index (Phi) is 4.37. The summed E-state index contributed by atoms with van der Waals surface area (Å²) in [6, 6.07) is 7.61. The largest absolute Gasteiger partial charge is 0.290 e. The average Bonchev–Trinajstić information content (AvgIpc) is 2.33. The van der Waals surface area contributed by atoms with Crippen LogP contribution in [0, 0.1) is 6.92 Å². The smallest absolute Gasteiger partial charge is 0.181 e. The predicted octanol–water partition coefficient (Wildman–Crippen LogP) is 3.09. The molecule has 1 aromatic rings. The minimum atomic E-state index is 0.131. The van der Waals surface area contributed by atoms with Gasteiger partial charge in [0.05, 0.1) is 0 Å². The molecular weight excluding hydrogens is 172 g/mol. The van der Waals surface area contributed by atoms with E-state index in [1.165, 1.54) is 24.8 Å². The molecule has 0 radical (unpaired) electrons. The number of rotatable bonds is 4. The molecule has 1 rings (SSSR count). The van der Waals surface area contributed by atoms with Crippen LogP contribution in [-0.4, -0.2) is 0 Å². The first-order valence-corrected chi connectivity index (χ1v) is 5.34. The van der Waals surface area contributed by atoms with Gasteiger partial charge in [0.15, 0.2) is 5.43 Å². The Bertz CT molecular complexity index is 341. The van der Waals surface area contributed by atoms with Gasteiger partial charge in [-0.15, -0.1) is 0 Å². The highest BCUT2D eigenvalue weighted by Gasteiger charge is 1.93. The first-order chi connectivity index (χ1) is 6.74. The molecule has 0 heterocycles. The number of unbranched alkanes of at least 4 members (excludes halogenated alkanes) is 2. The van der Waals surface area contributed by atoms with Gasteiger partial charge in [-0.1, -0.05) is 38.0 Å². The number of aryl methyl sites for hydroxylation is 2. The minimum Gasteiger partial charge on any atom is -0.290 e. The van der Waals surface area contributed by atoms with Crippen LogP contribution in [0.4, 0.5) is 0 Å². The van der Waals surface area contributed by atoms with Gasteiger partial charge in [-0.05, 0) is 37.0 Å². The molecule has 0 aromatic heterocycles. The lowest BCUT2D eigenvalue weighted by Gasteiger charge is -1.96. The molecule has 14 heavy (non-hydrogen) atoms. The number of hydrogen-bond acceptors (Lipinski definition) is 1. The van der Waals surface area contributed by atoms with E-state index in [1.54, 1.807) is 6.07 Å². The molecule has 0 aliphatic rings. The van der Waals surface area contributed by atoms with Crippen LogP contribution in [0.2, 0.25) is 0 Å². The maximum Gasteiger partial charge on any atom is 0.181 e. The van der Waals surface area contributed by atoms with Crippen molar-refractivity contribution in [2.75, 3.05) is 0 Å². The molecule has 0 spiro atoms. The first-order valence-electron chi connectivity index (χ1n) is 5.34. The molecule has 0 saturated carbocycles. The highest BCUT2D eigenvalue weighted by Crippen LogP contribution is 2.04. The van der Waals surface area contributed by atoms with Crippen LogP contribution in [0.5, 0.6) is 0 Å². The van der Waals surface area contributed by atoms with E-state index in [0.717, 1.165) is 12.0 Å².